The molecule has 0 aliphatic rings. The van der Waals surface area contributed by atoms with Gasteiger partial charge in [0.15, 0.2) is 34.5 Å². The molecule has 0 saturated heterocycles. The van der Waals surface area contributed by atoms with Gasteiger partial charge in [-0.05, 0) is 47.7 Å². The Morgan fingerprint density at radius 2 is 1.10 bits per heavy atom. The number of hydrogen-bond donors (Lipinski definition) is 6. The molecule has 112 valence electrons. The van der Waals surface area contributed by atoms with Gasteiger partial charge in [-0.3, -0.25) is 0 Å². The van der Waals surface area contributed by atoms with E-state index in [1.807, 2.05) is 6.92 Å². The molecule has 0 bridgehead atoms. The third-order valence-electron chi connectivity index (χ3n) is 3.33. The van der Waals surface area contributed by atoms with Crippen molar-refractivity contribution < 1.29 is 30.6 Å². The summed E-state index contributed by atoms with van der Waals surface area (Å²) in [4.78, 5) is 0. The summed E-state index contributed by atoms with van der Waals surface area (Å²) >= 11 is 0. The summed E-state index contributed by atoms with van der Waals surface area (Å²) in [5.74, 6) is -3.02. The molecule has 0 spiro atoms. The number of rotatable bonds is 3. The van der Waals surface area contributed by atoms with Crippen molar-refractivity contribution in [2.24, 2.45) is 0 Å². The van der Waals surface area contributed by atoms with Crippen LogP contribution in [0.3, 0.4) is 0 Å². The summed E-state index contributed by atoms with van der Waals surface area (Å²) in [7, 11) is 0. The molecule has 0 aliphatic carbocycles. The second-order valence-corrected chi connectivity index (χ2v) is 5.00. The van der Waals surface area contributed by atoms with Crippen LogP contribution in [-0.4, -0.2) is 30.6 Å². The minimum Gasteiger partial charge on any atom is -0.504 e. The molecule has 21 heavy (non-hydrogen) atoms. The van der Waals surface area contributed by atoms with Gasteiger partial charge in [0.1, 0.15) is 0 Å². The Labute approximate surface area is 120 Å². The molecule has 0 radical (unpaired) electrons. The van der Waals surface area contributed by atoms with Gasteiger partial charge in [-0.25, -0.2) is 0 Å². The van der Waals surface area contributed by atoms with Crippen LogP contribution in [0.2, 0.25) is 0 Å². The Hall–Kier alpha value is -2.76. The summed E-state index contributed by atoms with van der Waals surface area (Å²) in [6, 6.07) is 5.32. The Bertz CT molecular complexity index is 634. The largest absolute Gasteiger partial charge is 0.504 e. The zero-order valence-electron chi connectivity index (χ0n) is 11.3. The Morgan fingerprint density at radius 3 is 1.52 bits per heavy atom. The summed E-state index contributed by atoms with van der Waals surface area (Å²) in [6.07, 6.45) is 0.380. The summed E-state index contributed by atoms with van der Waals surface area (Å²) in [5, 5.41) is 56.5. The van der Waals surface area contributed by atoms with E-state index in [-0.39, 0.29) is 5.92 Å². The molecule has 1 atom stereocenters. The fraction of sp³-hybridized carbons (Fsp3) is 0.200. The van der Waals surface area contributed by atoms with E-state index in [0.717, 1.165) is 0 Å². The maximum absolute atomic E-state index is 9.50. The van der Waals surface area contributed by atoms with Crippen LogP contribution in [0.25, 0.3) is 0 Å². The van der Waals surface area contributed by atoms with Gasteiger partial charge in [0.25, 0.3) is 0 Å². The molecular weight excluding hydrogens is 276 g/mol. The fourth-order valence-corrected chi connectivity index (χ4v) is 2.16. The van der Waals surface area contributed by atoms with Crippen LogP contribution in [0.4, 0.5) is 0 Å². The van der Waals surface area contributed by atoms with Crippen LogP contribution in [0, 0.1) is 0 Å². The molecule has 0 amide bonds. The molecule has 2 aromatic rings. The van der Waals surface area contributed by atoms with Gasteiger partial charge in [-0.15, -0.1) is 0 Å². The van der Waals surface area contributed by atoms with Crippen molar-refractivity contribution in [3.63, 3.8) is 0 Å². The van der Waals surface area contributed by atoms with Crippen LogP contribution >= 0.6 is 0 Å². The van der Waals surface area contributed by atoms with E-state index in [2.05, 4.69) is 0 Å². The van der Waals surface area contributed by atoms with Crippen LogP contribution in [-0.2, 0) is 6.42 Å². The first kappa shape index (κ1) is 14.6. The van der Waals surface area contributed by atoms with Crippen molar-refractivity contribution in [2.75, 3.05) is 0 Å². The third-order valence-corrected chi connectivity index (χ3v) is 3.33. The van der Waals surface area contributed by atoms with Crippen molar-refractivity contribution in [3.8, 4) is 34.5 Å². The molecule has 6 N–H and O–H groups in total. The van der Waals surface area contributed by atoms with E-state index >= 15 is 0 Å². The van der Waals surface area contributed by atoms with Gasteiger partial charge in [0.2, 0.25) is 0 Å². The lowest BCUT2D eigenvalue weighted by Gasteiger charge is -2.14. The highest BCUT2D eigenvalue weighted by Gasteiger charge is 2.15. The zero-order chi connectivity index (χ0) is 15.7. The SMILES string of the molecule is CC(Cc1cc(O)c(O)c(O)c1)c1cc(O)c(O)c(O)c1. The third kappa shape index (κ3) is 2.89. The minimum absolute atomic E-state index is 0.175. The van der Waals surface area contributed by atoms with Gasteiger partial charge in [0.05, 0.1) is 0 Å². The van der Waals surface area contributed by atoms with Crippen molar-refractivity contribution in [1.82, 2.24) is 0 Å². The smallest absolute Gasteiger partial charge is 0.200 e. The Kier molecular flexibility index (Phi) is 3.71. The normalized spacial score (nSPS) is 12.2. The quantitative estimate of drug-likeness (QED) is 0.483. The maximum Gasteiger partial charge on any atom is 0.200 e. The second kappa shape index (κ2) is 5.32. The predicted molar refractivity (Wildman–Crippen MR) is 75.0 cm³/mol. The molecule has 0 fully saturated rings. The molecule has 0 heterocycles. The van der Waals surface area contributed by atoms with Crippen molar-refractivity contribution in [1.29, 1.82) is 0 Å². The lowest BCUT2D eigenvalue weighted by molar-refractivity contribution is 0.365. The predicted octanol–water partition coefficient (Wildman–Crippen LogP) is 2.27. The first-order valence-electron chi connectivity index (χ1n) is 6.28. The highest BCUT2D eigenvalue weighted by Crippen LogP contribution is 2.40. The fourth-order valence-electron chi connectivity index (χ4n) is 2.16. The van der Waals surface area contributed by atoms with Crippen molar-refractivity contribution in [3.05, 3.63) is 35.4 Å². The average Bonchev–Trinajstić information content (AvgIpc) is 2.41. The molecule has 6 nitrogen and oxygen atoms in total. The minimum atomic E-state index is -0.578. The van der Waals surface area contributed by atoms with E-state index in [9.17, 15) is 30.6 Å². The van der Waals surface area contributed by atoms with Gasteiger partial charge >= 0.3 is 0 Å². The highest BCUT2D eigenvalue weighted by atomic mass is 16.3. The molecule has 0 aliphatic heterocycles. The first-order valence-corrected chi connectivity index (χ1v) is 6.28. The maximum atomic E-state index is 9.50. The van der Waals surface area contributed by atoms with E-state index in [1.54, 1.807) is 0 Å². The molecule has 0 aromatic heterocycles. The van der Waals surface area contributed by atoms with Crippen LogP contribution in [0.1, 0.15) is 24.0 Å². The van der Waals surface area contributed by atoms with E-state index < -0.39 is 34.5 Å². The molecule has 2 rings (SSSR count). The van der Waals surface area contributed by atoms with Crippen molar-refractivity contribution >= 4 is 0 Å². The molecule has 2 aromatic carbocycles. The Balaban J connectivity index is 2.28. The molecular formula is C15H16O6. The van der Waals surface area contributed by atoms with Crippen LogP contribution < -0.4 is 0 Å². The number of phenolic OH excluding ortho intramolecular Hbond substituents is 6. The van der Waals surface area contributed by atoms with E-state index in [0.29, 0.717) is 17.5 Å². The molecule has 6 heteroatoms. The zero-order valence-corrected chi connectivity index (χ0v) is 11.3. The topological polar surface area (TPSA) is 121 Å². The van der Waals surface area contributed by atoms with Gasteiger partial charge in [-0.2, -0.15) is 0 Å². The number of hydrogen-bond acceptors (Lipinski definition) is 6. The Morgan fingerprint density at radius 1 is 0.714 bits per heavy atom. The van der Waals surface area contributed by atoms with E-state index in [4.69, 9.17) is 0 Å². The summed E-state index contributed by atoms with van der Waals surface area (Å²) in [6.45, 7) is 1.81. The first-order chi connectivity index (χ1) is 9.79. The van der Waals surface area contributed by atoms with Gasteiger partial charge < -0.3 is 30.6 Å². The van der Waals surface area contributed by atoms with Crippen LogP contribution in [0.5, 0.6) is 34.5 Å². The monoisotopic (exact) mass is 292 g/mol. The summed E-state index contributed by atoms with van der Waals surface area (Å²) in [5.41, 5.74) is 1.15. The van der Waals surface area contributed by atoms with Gasteiger partial charge in [-0.1, -0.05) is 6.92 Å². The number of benzene rings is 2. The summed E-state index contributed by atoms with van der Waals surface area (Å²) < 4.78 is 0. The number of phenols is 6. The van der Waals surface area contributed by atoms with Crippen LogP contribution in [0.15, 0.2) is 24.3 Å². The number of aromatic hydroxyl groups is 6. The van der Waals surface area contributed by atoms with Gasteiger partial charge in [0, 0.05) is 0 Å². The standard InChI is InChI=1S/C15H16O6/c1-7(9-5-12(18)15(21)13(19)6-9)2-8-3-10(16)14(20)11(17)4-8/h3-7,16-21H,2H2,1H3. The second-order valence-electron chi connectivity index (χ2n) is 5.00. The van der Waals surface area contributed by atoms with E-state index in [1.165, 1.54) is 24.3 Å². The molecule has 1 unspecified atom stereocenters. The molecule has 0 saturated carbocycles. The lowest BCUT2D eigenvalue weighted by atomic mass is 9.93. The average molecular weight is 292 g/mol. The van der Waals surface area contributed by atoms with Crippen molar-refractivity contribution in [2.45, 2.75) is 19.3 Å². The lowest BCUT2D eigenvalue weighted by Crippen LogP contribution is -1.98. The highest BCUT2D eigenvalue weighted by molar-refractivity contribution is 5.53.